The Balaban J connectivity index is 3.47. The van der Waals surface area contributed by atoms with E-state index in [9.17, 15) is 9.59 Å². The van der Waals surface area contributed by atoms with Gasteiger partial charge in [-0.2, -0.15) is 0 Å². The van der Waals surface area contributed by atoms with Gasteiger partial charge in [-0.25, -0.2) is 9.59 Å². The predicted octanol–water partition coefficient (Wildman–Crippen LogP) is 2.34. The molecule has 0 saturated heterocycles. The SMILES string of the molecule is O=C(O)c1cc(I)cc(C(=O)O)c1Cl. The first-order chi connectivity index (χ1) is 6.43. The minimum Gasteiger partial charge on any atom is -0.478 e. The molecule has 1 aromatic carbocycles. The largest absolute Gasteiger partial charge is 0.478 e. The van der Waals surface area contributed by atoms with Crippen molar-refractivity contribution in [2.24, 2.45) is 0 Å². The van der Waals surface area contributed by atoms with Crippen LogP contribution in [0.5, 0.6) is 0 Å². The average molecular weight is 326 g/mol. The van der Waals surface area contributed by atoms with Gasteiger partial charge in [0.1, 0.15) is 0 Å². The van der Waals surface area contributed by atoms with Gasteiger partial charge >= 0.3 is 11.9 Å². The third-order valence-electron chi connectivity index (χ3n) is 1.50. The van der Waals surface area contributed by atoms with Crippen molar-refractivity contribution in [3.8, 4) is 0 Å². The minimum atomic E-state index is -1.24. The van der Waals surface area contributed by atoms with Gasteiger partial charge in [-0.3, -0.25) is 0 Å². The van der Waals surface area contributed by atoms with Crippen LogP contribution in [0.25, 0.3) is 0 Å². The first kappa shape index (κ1) is 11.3. The Hall–Kier alpha value is -0.820. The Morgan fingerprint density at radius 2 is 1.50 bits per heavy atom. The number of hydrogen-bond donors (Lipinski definition) is 2. The second-order valence-electron chi connectivity index (χ2n) is 2.43. The van der Waals surface area contributed by atoms with Crippen LogP contribution in [0.4, 0.5) is 0 Å². The smallest absolute Gasteiger partial charge is 0.337 e. The van der Waals surface area contributed by atoms with Gasteiger partial charge in [0.05, 0.1) is 16.1 Å². The summed E-state index contributed by atoms with van der Waals surface area (Å²) in [6.45, 7) is 0. The van der Waals surface area contributed by atoms with E-state index < -0.39 is 11.9 Å². The van der Waals surface area contributed by atoms with Crippen LogP contribution in [-0.2, 0) is 0 Å². The summed E-state index contributed by atoms with van der Waals surface area (Å²) in [5, 5.41) is 17.2. The first-order valence-corrected chi connectivity index (χ1v) is 4.84. The van der Waals surface area contributed by atoms with Crippen LogP contribution in [-0.4, -0.2) is 22.2 Å². The van der Waals surface area contributed by atoms with E-state index in [1.165, 1.54) is 12.1 Å². The molecule has 0 aliphatic carbocycles. The number of halogens is 2. The van der Waals surface area contributed by atoms with Gasteiger partial charge < -0.3 is 10.2 Å². The molecule has 0 spiro atoms. The van der Waals surface area contributed by atoms with E-state index >= 15 is 0 Å². The highest BCUT2D eigenvalue weighted by atomic mass is 127. The topological polar surface area (TPSA) is 74.6 Å². The summed E-state index contributed by atoms with van der Waals surface area (Å²) >= 11 is 7.43. The number of rotatable bonds is 2. The van der Waals surface area contributed by atoms with Crippen LogP contribution in [0.1, 0.15) is 20.7 Å². The number of hydrogen-bond acceptors (Lipinski definition) is 2. The van der Waals surface area contributed by atoms with E-state index in [2.05, 4.69) is 0 Å². The molecule has 14 heavy (non-hydrogen) atoms. The molecular weight excluding hydrogens is 322 g/mol. The Morgan fingerprint density at radius 1 is 1.14 bits per heavy atom. The summed E-state index contributed by atoms with van der Waals surface area (Å²) in [6, 6.07) is 2.63. The van der Waals surface area contributed by atoms with Crippen molar-refractivity contribution in [2.75, 3.05) is 0 Å². The summed E-state index contributed by atoms with van der Waals surface area (Å²) in [5.74, 6) is -2.48. The van der Waals surface area contributed by atoms with Crippen LogP contribution in [0, 0.1) is 3.57 Å². The summed E-state index contributed by atoms with van der Waals surface area (Å²) in [6.07, 6.45) is 0. The maximum atomic E-state index is 10.7. The van der Waals surface area contributed by atoms with E-state index in [-0.39, 0.29) is 16.1 Å². The van der Waals surface area contributed by atoms with Crippen molar-refractivity contribution in [1.29, 1.82) is 0 Å². The highest BCUT2D eigenvalue weighted by Gasteiger charge is 2.17. The van der Waals surface area contributed by atoms with Gasteiger partial charge in [0.15, 0.2) is 0 Å². The lowest BCUT2D eigenvalue weighted by molar-refractivity contribution is 0.0696. The zero-order valence-corrected chi connectivity index (χ0v) is 9.53. The van der Waals surface area contributed by atoms with Crippen LogP contribution >= 0.6 is 34.2 Å². The number of carboxylic acid groups (broad SMARTS) is 2. The molecule has 6 heteroatoms. The van der Waals surface area contributed by atoms with E-state index in [1.54, 1.807) is 0 Å². The maximum absolute atomic E-state index is 10.7. The van der Waals surface area contributed by atoms with Gasteiger partial charge in [0.25, 0.3) is 0 Å². The fourth-order valence-corrected chi connectivity index (χ4v) is 1.79. The normalized spacial score (nSPS) is 9.86. The molecule has 4 nitrogen and oxygen atoms in total. The molecule has 1 aromatic rings. The molecule has 0 aliphatic heterocycles. The standard InChI is InChI=1S/C8H4ClIO4/c9-6-4(7(11)12)1-3(10)2-5(6)8(13)14/h1-2H,(H,11,12)(H,13,14). The number of carbonyl (C=O) groups is 2. The monoisotopic (exact) mass is 326 g/mol. The summed E-state index contributed by atoms with van der Waals surface area (Å²) < 4.78 is 0.516. The molecule has 0 aromatic heterocycles. The molecule has 0 fully saturated rings. The van der Waals surface area contributed by atoms with Crippen LogP contribution in [0.2, 0.25) is 5.02 Å². The molecule has 2 N–H and O–H groups in total. The predicted molar refractivity (Wildman–Crippen MR) is 58.1 cm³/mol. The Kier molecular flexibility index (Phi) is 3.33. The molecule has 1 rings (SSSR count). The van der Waals surface area contributed by atoms with E-state index in [0.717, 1.165) is 0 Å². The lowest BCUT2D eigenvalue weighted by atomic mass is 10.1. The lowest BCUT2D eigenvalue weighted by Crippen LogP contribution is -2.05. The minimum absolute atomic E-state index is 0.198. The van der Waals surface area contributed by atoms with Gasteiger partial charge in [-0.1, -0.05) is 11.6 Å². The van der Waals surface area contributed by atoms with E-state index in [4.69, 9.17) is 21.8 Å². The molecular formula is C8H4ClIO4. The average Bonchev–Trinajstić information content (AvgIpc) is 2.07. The highest BCUT2D eigenvalue weighted by Crippen LogP contribution is 2.24. The molecule has 0 bridgehead atoms. The second-order valence-corrected chi connectivity index (χ2v) is 4.05. The summed E-state index contributed by atoms with van der Waals surface area (Å²) in [5.41, 5.74) is -0.396. The molecule has 0 radical (unpaired) electrons. The molecule has 0 atom stereocenters. The Morgan fingerprint density at radius 3 is 1.79 bits per heavy atom. The van der Waals surface area contributed by atoms with Gasteiger partial charge in [-0.05, 0) is 34.7 Å². The molecule has 0 saturated carbocycles. The van der Waals surface area contributed by atoms with Crippen LogP contribution in [0.15, 0.2) is 12.1 Å². The molecule has 0 amide bonds. The van der Waals surface area contributed by atoms with Crippen molar-refractivity contribution in [1.82, 2.24) is 0 Å². The molecule has 0 aliphatic rings. The lowest BCUT2D eigenvalue weighted by Gasteiger charge is -2.03. The Labute approximate surface area is 97.6 Å². The van der Waals surface area contributed by atoms with Crippen LogP contribution in [0.3, 0.4) is 0 Å². The number of carboxylic acids is 2. The number of benzene rings is 1. The van der Waals surface area contributed by atoms with Gasteiger partial charge in [-0.15, -0.1) is 0 Å². The number of aromatic carboxylic acids is 2. The third kappa shape index (κ3) is 2.16. The highest BCUT2D eigenvalue weighted by molar-refractivity contribution is 14.1. The maximum Gasteiger partial charge on any atom is 0.337 e. The fourth-order valence-electron chi connectivity index (χ4n) is 0.900. The third-order valence-corrected chi connectivity index (χ3v) is 2.53. The first-order valence-electron chi connectivity index (χ1n) is 3.39. The molecule has 74 valence electrons. The van der Waals surface area contributed by atoms with Crippen LogP contribution < -0.4 is 0 Å². The second kappa shape index (κ2) is 4.14. The van der Waals surface area contributed by atoms with Crippen molar-refractivity contribution >= 4 is 46.1 Å². The van der Waals surface area contributed by atoms with Crippen molar-refractivity contribution in [3.63, 3.8) is 0 Å². The van der Waals surface area contributed by atoms with Crippen molar-refractivity contribution < 1.29 is 19.8 Å². The van der Waals surface area contributed by atoms with E-state index in [1.807, 2.05) is 22.6 Å². The summed E-state index contributed by atoms with van der Waals surface area (Å²) in [4.78, 5) is 21.3. The fraction of sp³-hybridized carbons (Fsp3) is 0. The zero-order valence-electron chi connectivity index (χ0n) is 6.62. The molecule has 0 heterocycles. The zero-order chi connectivity index (χ0) is 10.9. The molecule has 0 unspecified atom stereocenters. The quantitative estimate of drug-likeness (QED) is 0.818. The van der Waals surface area contributed by atoms with Gasteiger partial charge in [0.2, 0.25) is 0 Å². The summed E-state index contributed by atoms with van der Waals surface area (Å²) in [7, 11) is 0. The van der Waals surface area contributed by atoms with E-state index in [0.29, 0.717) is 3.57 Å². The Bertz CT molecular complexity index is 381. The van der Waals surface area contributed by atoms with Crippen molar-refractivity contribution in [2.45, 2.75) is 0 Å². The van der Waals surface area contributed by atoms with Crippen molar-refractivity contribution in [3.05, 3.63) is 31.9 Å². The van der Waals surface area contributed by atoms with Gasteiger partial charge in [0, 0.05) is 3.57 Å².